The molecule has 22 heavy (non-hydrogen) atoms. The molecule has 0 saturated heterocycles. The summed E-state index contributed by atoms with van der Waals surface area (Å²) in [4.78, 5) is 15.5. The Morgan fingerprint density at radius 3 is 2.14 bits per heavy atom. The lowest BCUT2D eigenvalue weighted by molar-refractivity contribution is 0.0527. The van der Waals surface area contributed by atoms with E-state index in [2.05, 4.69) is 4.98 Å². The van der Waals surface area contributed by atoms with Crippen LogP contribution in [0.5, 0.6) is 0 Å². The number of esters is 1. The summed E-state index contributed by atoms with van der Waals surface area (Å²) < 4.78 is 5.18. The summed E-state index contributed by atoms with van der Waals surface area (Å²) in [6.45, 7) is 2.17. The highest BCUT2D eigenvalue weighted by atomic mass is 16.5. The quantitative estimate of drug-likeness (QED) is 0.718. The summed E-state index contributed by atoms with van der Waals surface area (Å²) in [7, 11) is 0. The first-order chi connectivity index (χ1) is 10.8. The Labute approximate surface area is 129 Å². The van der Waals surface area contributed by atoms with Gasteiger partial charge >= 0.3 is 5.97 Å². The van der Waals surface area contributed by atoms with Crippen molar-refractivity contribution in [3.63, 3.8) is 0 Å². The number of carbonyl (C=O) groups is 1. The zero-order valence-corrected chi connectivity index (χ0v) is 12.4. The van der Waals surface area contributed by atoms with Crippen LogP contribution in [0.4, 0.5) is 0 Å². The van der Waals surface area contributed by atoms with E-state index in [0.29, 0.717) is 12.2 Å². The molecule has 1 heterocycles. The zero-order chi connectivity index (χ0) is 15.4. The molecule has 3 nitrogen and oxygen atoms in total. The summed E-state index contributed by atoms with van der Waals surface area (Å²) in [5.41, 5.74) is 4.40. The number of rotatable bonds is 4. The van der Waals surface area contributed by atoms with Crippen molar-refractivity contribution in [1.82, 2.24) is 4.98 Å². The maximum atomic E-state index is 12.2. The third-order valence-electron chi connectivity index (χ3n) is 3.50. The first-order valence-corrected chi connectivity index (χ1v) is 7.30. The van der Waals surface area contributed by atoms with E-state index in [1.807, 2.05) is 67.6 Å². The topological polar surface area (TPSA) is 42.1 Å². The fourth-order valence-corrected chi connectivity index (χ4v) is 2.53. The molecule has 0 aliphatic carbocycles. The van der Waals surface area contributed by atoms with Gasteiger partial charge in [-0.2, -0.15) is 0 Å². The molecule has 0 fully saturated rings. The van der Waals surface area contributed by atoms with Crippen molar-refractivity contribution in [1.29, 1.82) is 0 Å². The van der Waals surface area contributed by atoms with E-state index < -0.39 is 0 Å². The van der Waals surface area contributed by atoms with E-state index in [9.17, 15) is 4.79 Å². The third-order valence-corrected chi connectivity index (χ3v) is 3.50. The monoisotopic (exact) mass is 291 g/mol. The number of H-pyrrole nitrogens is 1. The second-order valence-corrected chi connectivity index (χ2v) is 4.90. The Kier molecular flexibility index (Phi) is 4.05. The van der Waals surface area contributed by atoms with Crippen molar-refractivity contribution in [2.45, 2.75) is 6.92 Å². The van der Waals surface area contributed by atoms with Crippen molar-refractivity contribution in [3.05, 3.63) is 72.4 Å². The van der Waals surface area contributed by atoms with E-state index in [-0.39, 0.29) is 5.97 Å². The average molecular weight is 291 g/mol. The molecule has 0 saturated carbocycles. The standard InChI is InChI=1S/C19H17NO2/c1-2-22-19(21)16-13-20-18(15-11-7-4-8-12-15)17(16)14-9-5-3-6-10-14/h3-13,20H,2H2,1H3. The van der Waals surface area contributed by atoms with Gasteiger partial charge in [0.1, 0.15) is 0 Å². The molecule has 2 aromatic carbocycles. The molecule has 0 aliphatic rings. The van der Waals surface area contributed by atoms with Crippen molar-refractivity contribution < 1.29 is 9.53 Å². The Hall–Kier alpha value is -2.81. The Morgan fingerprint density at radius 1 is 0.955 bits per heavy atom. The largest absolute Gasteiger partial charge is 0.462 e. The molecule has 0 spiro atoms. The number of carbonyl (C=O) groups excluding carboxylic acids is 1. The highest BCUT2D eigenvalue weighted by molar-refractivity contribution is 6.01. The average Bonchev–Trinajstić information content (AvgIpc) is 3.02. The summed E-state index contributed by atoms with van der Waals surface area (Å²) in [6, 6.07) is 19.9. The molecule has 1 aromatic heterocycles. The highest BCUT2D eigenvalue weighted by Gasteiger charge is 2.20. The molecule has 0 radical (unpaired) electrons. The van der Waals surface area contributed by atoms with E-state index in [4.69, 9.17) is 4.74 Å². The third kappa shape index (κ3) is 2.66. The second kappa shape index (κ2) is 6.31. The molecule has 1 N–H and O–H groups in total. The van der Waals surface area contributed by atoms with Crippen molar-refractivity contribution in [3.8, 4) is 22.4 Å². The maximum Gasteiger partial charge on any atom is 0.340 e. The van der Waals surface area contributed by atoms with Crippen LogP contribution in [0, 0.1) is 0 Å². The Morgan fingerprint density at radius 2 is 1.55 bits per heavy atom. The van der Waals surface area contributed by atoms with Gasteiger partial charge in [0, 0.05) is 11.8 Å². The van der Waals surface area contributed by atoms with Gasteiger partial charge in [-0.25, -0.2) is 4.79 Å². The minimum Gasteiger partial charge on any atom is -0.462 e. The van der Waals surface area contributed by atoms with Crippen LogP contribution in [-0.4, -0.2) is 17.6 Å². The number of hydrogen-bond acceptors (Lipinski definition) is 2. The van der Waals surface area contributed by atoms with Crippen LogP contribution in [0.15, 0.2) is 66.9 Å². The fraction of sp³-hybridized carbons (Fsp3) is 0.105. The van der Waals surface area contributed by atoms with Gasteiger partial charge in [-0.05, 0) is 18.1 Å². The van der Waals surface area contributed by atoms with E-state index >= 15 is 0 Å². The van der Waals surface area contributed by atoms with Crippen LogP contribution in [-0.2, 0) is 4.74 Å². The Balaban J connectivity index is 2.18. The lowest BCUT2D eigenvalue weighted by Gasteiger charge is -2.08. The predicted molar refractivity (Wildman–Crippen MR) is 87.6 cm³/mol. The molecule has 0 aliphatic heterocycles. The summed E-state index contributed by atoms with van der Waals surface area (Å²) in [5, 5.41) is 0. The molecule has 0 bridgehead atoms. The van der Waals surface area contributed by atoms with Crippen molar-refractivity contribution in [2.24, 2.45) is 0 Å². The predicted octanol–water partition coefficient (Wildman–Crippen LogP) is 4.53. The number of benzene rings is 2. The van der Waals surface area contributed by atoms with Crippen LogP contribution in [0.3, 0.4) is 0 Å². The summed E-state index contributed by atoms with van der Waals surface area (Å²) >= 11 is 0. The number of ether oxygens (including phenoxy) is 1. The molecular formula is C19H17NO2. The van der Waals surface area contributed by atoms with Gasteiger partial charge in [0.05, 0.1) is 17.9 Å². The van der Waals surface area contributed by atoms with Crippen LogP contribution in [0.25, 0.3) is 22.4 Å². The van der Waals surface area contributed by atoms with E-state index in [1.165, 1.54) is 0 Å². The SMILES string of the molecule is CCOC(=O)c1c[nH]c(-c2ccccc2)c1-c1ccccc1. The van der Waals surface area contributed by atoms with E-state index in [1.54, 1.807) is 6.20 Å². The van der Waals surface area contributed by atoms with Crippen LogP contribution < -0.4 is 0 Å². The normalized spacial score (nSPS) is 10.4. The molecule has 0 amide bonds. The van der Waals surface area contributed by atoms with Crippen LogP contribution in [0.1, 0.15) is 17.3 Å². The van der Waals surface area contributed by atoms with Gasteiger partial charge < -0.3 is 9.72 Å². The number of aromatic amines is 1. The Bertz CT molecular complexity index is 761. The minimum atomic E-state index is -0.306. The number of aromatic nitrogens is 1. The van der Waals surface area contributed by atoms with Gasteiger partial charge in [-0.3, -0.25) is 0 Å². The van der Waals surface area contributed by atoms with Crippen LogP contribution in [0.2, 0.25) is 0 Å². The maximum absolute atomic E-state index is 12.2. The summed E-state index contributed by atoms with van der Waals surface area (Å²) in [6.07, 6.45) is 1.72. The lowest BCUT2D eigenvalue weighted by Crippen LogP contribution is -2.04. The van der Waals surface area contributed by atoms with Gasteiger partial charge in [0.15, 0.2) is 0 Å². The molecular weight excluding hydrogens is 274 g/mol. The van der Waals surface area contributed by atoms with Gasteiger partial charge in [0.2, 0.25) is 0 Å². The molecule has 3 heteroatoms. The fourth-order valence-electron chi connectivity index (χ4n) is 2.53. The molecule has 110 valence electrons. The smallest absolute Gasteiger partial charge is 0.340 e. The molecule has 0 atom stereocenters. The van der Waals surface area contributed by atoms with Gasteiger partial charge in [-0.15, -0.1) is 0 Å². The first-order valence-electron chi connectivity index (χ1n) is 7.30. The lowest BCUT2D eigenvalue weighted by atomic mass is 9.98. The van der Waals surface area contributed by atoms with Crippen molar-refractivity contribution >= 4 is 5.97 Å². The first kappa shape index (κ1) is 14.1. The number of nitrogens with one attached hydrogen (secondary N) is 1. The van der Waals surface area contributed by atoms with Gasteiger partial charge in [0.25, 0.3) is 0 Å². The molecule has 3 rings (SSSR count). The van der Waals surface area contributed by atoms with Crippen molar-refractivity contribution in [2.75, 3.05) is 6.61 Å². The summed E-state index contributed by atoms with van der Waals surface area (Å²) in [5.74, 6) is -0.306. The van der Waals surface area contributed by atoms with Gasteiger partial charge in [-0.1, -0.05) is 60.7 Å². The van der Waals surface area contributed by atoms with Crippen LogP contribution >= 0.6 is 0 Å². The molecule has 0 unspecified atom stereocenters. The second-order valence-electron chi connectivity index (χ2n) is 4.90. The zero-order valence-electron chi connectivity index (χ0n) is 12.4. The van der Waals surface area contributed by atoms with E-state index in [0.717, 1.165) is 22.4 Å². The molecule has 3 aromatic rings. The minimum absolute atomic E-state index is 0.306. The number of hydrogen-bond donors (Lipinski definition) is 1. The highest BCUT2D eigenvalue weighted by Crippen LogP contribution is 2.34.